The Hall–Kier alpha value is -3.78. The fraction of sp³-hybridized carbons (Fsp3) is 0. The summed E-state index contributed by atoms with van der Waals surface area (Å²) in [6.45, 7) is 0. The largest absolute Gasteiger partial charge is 0.457 e. The molecule has 35 heavy (non-hydrogen) atoms. The number of furan rings is 1. The Morgan fingerprint density at radius 2 is 1.77 bits per heavy atom. The number of aromatic nitrogens is 1. The van der Waals surface area contributed by atoms with Crippen molar-refractivity contribution in [2.45, 2.75) is 0 Å². The number of carbonyl (C=O) groups is 1. The molecule has 0 spiro atoms. The van der Waals surface area contributed by atoms with Crippen molar-refractivity contribution in [3.63, 3.8) is 0 Å². The van der Waals surface area contributed by atoms with E-state index in [0.717, 1.165) is 32.1 Å². The van der Waals surface area contributed by atoms with Crippen LogP contribution in [0.2, 0.25) is 5.02 Å². The first-order chi connectivity index (χ1) is 17.0. The van der Waals surface area contributed by atoms with Gasteiger partial charge in [-0.1, -0.05) is 60.1 Å². The van der Waals surface area contributed by atoms with Gasteiger partial charge in [0.25, 0.3) is 0 Å². The second kappa shape index (κ2) is 10.2. The second-order valence-electron chi connectivity index (χ2n) is 7.53. The Labute approximate surface area is 216 Å². The minimum atomic E-state index is -0.390. The summed E-state index contributed by atoms with van der Waals surface area (Å²) in [4.78, 5) is 17.0. The summed E-state index contributed by atoms with van der Waals surface area (Å²) in [5, 5.41) is 7.10. The number of hydrogen-bond acceptors (Lipinski definition) is 5. The van der Waals surface area contributed by atoms with Crippen molar-refractivity contribution in [1.82, 2.24) is 10.3 Å². The fourth-order valence-corrected chi connectivity index (χ4v) is 4.75. The van der Waals surface area contributed by atoms with Crippen LogP contribution in [0.3, 0.4) is 0 Å². The highest BCUT2D eigenvalue weighted by atomic mass is 35.5. The number of fused-ring (bicyclic) bond motifs is 1. The van der Waals surface area contributed by atoms with E-state index >= 15 is 0 Å². The monoisotopic (exact) mass is 515 g/mol. The van der Waals surface area contributed by atoms with Gasteiger partial charge in [-0.2, -0.15) is 0 Å². The third-order valence-electron chi connectivity index (χ3n) is 5.08. The van der Waals surface area contributed by atoms with Crippen LogP contribution in [0.4, 0.5) is 5.69 Å². The van der Waals surface area contributed by atoms with Gasteiger partial charge in [0.15, 0.2) is 5.11 Å². The lowest BCUT2D eigenvalue weighted by Gasteiger charge is -2.11. The third kappa shape index (κ3) is 5.49. The predicted octanol–water partition coefficient (Wildman–Crippen LogP) is 7.40. The minimum absolute atomic E-state index is 0.132. The van der Waals surface area contributed by atoms with Gasteiger partial charge in [0, 0.05) is 17.2 Å². The van der Waals surface area contributed by atoms with E-state index < -0.39 is 5.91 Å². The highest BCUT2D eigenvalue weighted by Gasteiger charge is 2.11. The lowest BCUT2D eigenvalue weighted by molar-refractivity contribution is -0.115. The number of anilines is 1. The number of carbonyl (C=O) groups excluding carboxylic acids is 1. The molecule has 2 N–H and O–H groups in total. The Balaban J connectivity index is 1.23. The van der Waals surface area contributed by atoms with Crippen LogP contribution in [-0.2, 0) is 4.79 Å². The molecule has 5 aromatic rings. The molecule has 172 valence electrons. The molecule has 1 amide bonds. The first kappa shape index (κ1) is 23.0. The number of hydrogen-bond donors (Lipinski definition) is 2. The Morgan fingerprint density at radius 1 is 0.971 bits per heavy atom. The molecule has 2 aromatic heterocycles. The molecule has 0 bridgehead atoms. The Morgan fingerprint density at radius 3 is 2.60 bits per heavy atom. The molecule has 0 fully saturated rings. The number of nitrogens with one attached hydrogen (secondary N) is 2. The lowest BCUT2D eigenvalue weighted by atomic mass is 10.2. The third-order valence-corrected chi connectivity index (χ3v) is 6.70. The molecule has 0 unspecified atom stereocenters. The van der Waals surface area contributed by atoms with E-state index in [4.69, 9.17) is 28.2 Å². The quantitative estimate of drug-likeness (QED) is 0.188. The topological polar surface area (TPSA) is 67.2 Å². The number of benzene rings is 3. The van der Waals surface area contributed by atoms with Crippen LogP contribution in [0, 0.1) is 0 Å². The number of nitrogens with zero attached hydrogens (tertiary/aromatic N) is 1. The van der Waals surface area contributed by atoms with Crippen LogP contribution >= 0.6 is 35.2 Å². The first-order valence-corrected chi connectivity index (χ1v) is 12.3. The molecule has 0 aliphatic heterocycles. The summed E-state index contributed by atoms with van der Waals surface area (Å²) >= 11 is 13.3. The summed E-state index contributed by atoms with van der Waals surface area (Å²) in [5.74, 6) is 0.897. The molecule has 0 saturated carbocycles. The number of thiocarbonyl (C=S) groups is 1. The van der Waals surface area contributed by atoms with Crippen molar-refractivity contribution < 1.29 is 9.21 Å². The van der Waals surface area contributed by atoms with Gasteiger partial charge < -0.3 is 9.73 Å². The standard InChI is InChI=1S/C27H18ClN3O2S2/c28-20-13-10-18(26-29-21-8-4-5-9-24(21)35-26)16-22(20)30-27(34)31-25(32)15-12-19-11-14-23(33-19)17-6-2-1-3-7-17/h1-16H,(H2,30,31,32,34)/b15-12+. The van der Waals surface area contributed by atoms with Gasteiger partial charge in [0.1, 0.15) is 16.5 Å². The average Bonchev–Trinajstić information content (AvgIpc) is 3.52. The molecule has 0 aliphatic rings. The van der Waals surface area contributed by atoms with Crippen LogP contribution < -0.4 is 10.6 Å². The lowest BCUT2D eigenvalue weighted by Crippen LogP contribution is -2.32. The summed E-state index contributed by atoms with van der Waals surface area (Å²) in [5.41, 5.74) is 3.39. The maximum Gasteiger partial charge on any atom is 0.250 e. The van der Waals surface area contributed by atoms with E-state index in [1.54, 1.807) is 29.5 Å². The summed E-state index contributed by atoms with van der Waals surface area (Å²) < 4.78 is 6.88. The molecule has 8 heteroatoms. The zero-order valence-corrected chi connectivity index (χ0v) is 20.6. The molecule has 2 heterocycles. The van der Waals surface area contributed by atoms with E-state index in [-0.39, 0.29) is 5.11 Å². The molecule has 0 atom stereocenters. The highest BCUT2D eigenvalue weighted by molar-refractivity contribution is 7.80. The van der Waals surface area contributed by atoms with Crippen LogP contribution in [0.25, 0.3) is 38.2 Å². The predicted molar refractivity (Wildman–Crippen MR) is 148 cm³/mol. The molecule has 0 radical (unpaired) electrons. The van der Waals surface area contributed by atoms with Crippen molar-refractivity contribution in [2.24, 2.45) is 0 Å². The molecular weight excluding hydrogens is 498 g/mol. The van der Waals surface area contributed by atoms with E-state index in [9.17, 15) is 4.79 Å². The van der Waals surface area contributed by atoms with E-state index in [2.05, 4.69) is 15.6 Å². The van der Waals surface area contributed by atoms with Gasteiger partial charge in [-0.05, 0) is 54.7 Å². The van der Waals surface area contributed by atoms with Crippen molar-refractivity contribution in [3.05, 3.63) is 102 Å². The van der Waals surface area contributed by atoms with E-state index in [1.165, 1.54) is 6.08 Å². The number of amides is 1. The molecule has 0 saturated heterocycles. The maximum atomic E-state index is 12.4. The summed E-state index contributed by atoms with van der Waals surface area (Å²) in [6.07, 6.45) is 2.95. The summed E-state index contributed by atoms with van der Waals surface area (Å²) in [7, 11) is 0. The van der Waals surface area contributed by atoms with Crippen LogP contribution in [0.5, 0.6) is 0 Å². The zero-order chi connectivity index (χ0) is 24.2. The fourth-order valence-electron chi connectivity index (χ4n) is 3.41. The van der Waals surface area contributed by atoms with Gasteiger partial charge in [-0.3, -0.25) is 10.1 Å². The number of para-hydroxylation sites is 1. The van der Waals surface area contributed by atoms with Crippen molar-refractivity contribution in [1.29, 1.82) is 0 Å². The summed E-state index contributed by atoms with van der Waals surface area (Å²) in [6, 6.07) is 26.9. The zero-order valence-electron chi connectivity index (χ0n) is 18.2. The van der Waals surface area contributed by atoms with Gasteiger partial charge in [0.2, 0.25) is 5.91 Å². The Bertz CT molecular complexity index is 1520. The van der Waals surface area contributed by atoms with Crippen molar-refractivity contribution in [3.8, 4) is 21.9 Å². The first-order valence-electron chi connectivity index (χ1n) is 10.7. The van der Waals surface area contributed by atoms with E-state index in [0.29, 0.717) is 16.5 Å². The molecule has 0 aliphatic carbocycles. The van der Waals surface area contributed by atoms with Gasteiger partial charge in [0.05, 0.1) is 20.9 Å². The Kier molecular flexibility index (Phi) is 6.72. The SMILES string of the molecule is O=C(/C=C/c1ccc(-c2ccccc2)o1)NC(=S)Nc1cc(-c2nc3ccccc3s2)ccc1Cl. The smallest absolute Gasteiger partial charge is 0.250 e. The van der Waals surface area contributed by atoms with Gasteiger partial charge >= 0.3 is 0 Å². The molecule has 5 rings (SSSR count). The molecular formula is C27H18ClN3O2S2. The van der Waals surface area contributed by atoms with Crippen molar-refractivity contribution in [2.75, 3.05) is 5.32 Å². The van der Waals surface area contributed by atoms with Crippen LogP contribution in [0.1, 0.15) is 5.76 Å². The van der Waals surface area contributed by atoms with Crippen LogP contribution in [-0.4, -0.2) is 16.0 Å². The highest BCUT2D eigenvalue weighted by Crippen LogP contribution is 2.33. The number of thiazole rings is 1. The van der Waals surface area contributed by atoms with E-state index in [1.807, 2.05) is 72.8 Å². The van der Waals surface area contributed by atoms with Gasteiger partial charge in [-0.15, -0.1) is 11.3 Å². The van der Waals surface area contributed by atoms with Gasteiger partial charge in [-0.25, -0.2) is 4.98 Å². The molecule has 3 aromatic carbocycles. The second-order valence-corrected chi connectivity index (χ2v) is 9.37. The minimum Gasteiger partial charge on any atom is -0.457 e. The van der Waals surface area contributed by atoms with Crippen molar-refractivity contribution >= 4 is 68.2 Å². The molecule has 5 nitrogen and oxygen atoms in total. The average molecular weight is 516 g/mol. The maximum absolute atomic E-state index is 12.4. The number of halogens is 1. The normalized spacial score (nSPS) is 11.1. The number of rotatable bonds is 5. The van der Waals surface area contributed by atoms with Crippen LogP contribution in [0.15, 0.2) is 95.4 Å².